The fraction of sp³-hybridized carbons (Fsp3) is 0.500. The summed E-state index contributed by atoms with van der Waals surface area (Å²) in [6.07, 6.45) is 0. The molecule has 0 radical (unpaired) electrons. The fourth-order valence-electron chi connectivity index (χ4n) is 0. The van der Waals surface area contributed by atoms with Crippen molar-refractivity contribution in [3.63, 3.8) is 0 Å². The average molecular weight is 300 g/mol. The normalized spacial score (nSPS) is 6.17. The maximum atomic E-state index is 10.5. The van der Waals surface area contributed by atoms with Crippen molar-refractivity contribution in [2.75, 3.05) is 20.0 Å². The Kier molecular flexibility index (Phi) is 62.7. The Morgan fingerprint density at radius 1 is 0.611 bits per heavy atom. The SMILES string of the molecule is O=C([O-])CF.O=C([O-])CF.O=C([O-])CF.[Na+].[Na+].[Na+]. The molecule has 0 unspecified atom stereocenters. The van der Waals surface area contributed by atoms with Crippen molar-refractivity contribution in [3.8, 4) is 0 Å². The number of rotatable bonds is 3. The van der Waals surface area contributed by atoms with Crippen molar-refractivity contribution in [2.24, 2.45) is 0 Å². The average Bonchev–Trinajstić information content (AvgIpc) is 2.19. The molecule has 0 aromatic rings. The van der Waals surface area contributed by atoms with Gasteiger partial charge in [0.25, 0.3) is 0 Å². The number of carboxylic acid groups (broad SMARTS) is 3. The number of aliphatic carboxylic acids is 3. The first kappa shape index (κ1) is 36.5. The summed E-state index contributed by atoms with van der Waals surface area (Å²) in [6, 6.07) is 0. The van der Waals surface area contributed by atoms with Gasteiger partial charge in [-0.25, -0.2) is 13.2 Å². The Bertz CT molecular complexity index is 174. The van der Waals surface area contributed by atoms with Crippen LogP contribution < -0.4 is 104 Å². The van der Waals surface area contributed by atoms with Crippen LogP contribution in [0, 0.1) is 0 Å². The first-order chi connectivity index (χ1) is 6.81. The van der Waals surface area contributed by atoms with Crippen LogP contribution >= 0.6 is 0 Å². The zero-order chi connectivity index (χ0) is 12.9. The second-order valence-electron chi connectivity index (χ2n) is 1.52. The monoisotopic (exact) mass is 300 g/mol. The van der Waals surface area contributed by atoms with Gasteiger partial charge in [-0.1, -0.05) is 0 Å². The molecule has 0 spiro atoms. The number of halogens is 3. The third-order valence-corrected chi connectivity index (χ3v) is 0.327. The van der Waals surface area contributed by atoms with Crippen LogP contribution in [0.5, 0.6) is 0 Å². The van der Waals surface area contributed by atoms with Crippen molar-refractivity contribution in [1.82, 2.24) is 0 Å². The van der Waals surface area contributed by atoms with Crippen molar-refractivity contribution in [1.29, 1.82) is 0 Å². The summed E-state index contributed by atoms with van der Waals surface area (Å²) < 4.78 is 31.4. The van der Waals surface area contributed by atoms with Crippen LogP contribution in [0.1, 0.15) is 0 Å². The van der Waals surface area contributed by atoms with E-state index in [9.17, 15) is 13.2 Å². The molecule has 0 rings (SSSR count). The van der Waals surface area contributed by atoms with Crippen molar-refractivity contribution < 1.29 is 132 Å². The van der Waals surface area contributed by atoms with Crippen molar-refractivity contribution in [2.45, 2.75) is 0 Å². The number of alkyl halides is 3. The topological polar surface area (TPSA) is 120 Å². The van der Waals surface area contributed by atoms with Gasteiger partial charge >= 0.3 is 88.7 Å². The summed E-state index contributed by atoms with van der Waals surface area (Å²) in [5.74, 6) is -4.99. The molecule has 0 fully saturated rings. The van der Waals surface area contributed by atoms with E-state index in [0.717, 1.165) is 0 Å². The van der Waals surface area contributed by atoms with Gasteiger partial charge in [-0.3, -0.25) is 0 Å². The van der Waals surface area contributed by atoms with Crippen LogP contribution in [-0.4, -0.2) is 37.9 Å². The third-order valence-electron chi connectivity index (χ3n) is 0.327. The van der Waals surface area contributed by atoms with Crippen LogP contribution in [0.4, 0.5) is 13.2 Å². The second-order valence-corrected chi connectivity index (χ2v) is 1.52. The Labute approximate surface area is 167 Å². The summed E-state index contributed by atoms with van der Waals surface area (Å²) >= 11 is 0. The molecule has 90 valence electrons. The van der Waals surface area contributed by atoms with Gasteiger partial charge in [0, 0.05) is 0 Å². The first-order valence-electron chi connectivity index (χ1n) is 3.09. The summed E-state index contributed by atoms with van der Waals surface area (Å²) in [5.41, 5.74) is 0. The smallest absolute Gasteiger partial charge is 0.547 e. The third kappa shape index (κ3) is 87.1. The standard InChI is InChI=1S/3C2H3FO2.3Na/c3*3-1-2(4)5;;;/h3*1H2,(H,4,5);;;/q;;;3*+1/p-3. The first-order valence-corrected chi connectivity index (χ1v) is 3.09. The molecule has 0 heterocycles. The quantitative estimate of drug-likeness (QED) is 0.477. The van der Waals surface area contributed by atoms with E-state index in [2.05, 4.69) is 0 Å². The number of carbonyl (C=O) groups is 3. The minimum atomic E-state index is -1.66. The van der Waals surface area contributed by atoms with Crippen LogP contribution in [0.3, 0.4) is 0 Å². The predicted octanol–water partition coefficient (Wildman–Crippen LogP) is -12.9. The molecule has 0 saturated carbocycles. The van der Waals surface area contributed by atoms with Gasteiger partial charge in [0.2, 0.25) is 0 Å². The van der Waals surface area contributed by atoms with Gasteiger partial charge in [-0.15, -0.1) is 0 Å². The van der Waals surface area contributed by atoms with Gasteiger partial charge in [-0.2, -0.15) is 0 Å². The van der Waals surface area contributed by atoms with Gasteiger partial charge in [0.1, 0.15) is 20.0 Å². The minimum absolute atomic E-state index is 0. The van der Waals surface area contributed by atoms with Gasteiger partial charge in [-0.05, 0) is 0 Å². The summed E-state index contributed by atoms with van der Waals surface area (Å²) in [5, 5.41) is 26.6. The molecule has 0 amide bonds. The number of carbonyl (C=O) groups excluding carboxylic acids is 3. The van der Waals surface area contributed by atoms with Crippen LogP contribution in [0.15, 0.2) is 0 Å². The molecule has 0 aliphatic rings. The van der Waals surface area contributed by atoms with E-state index >= 15 is 0 Å². The molecule has 0 aromatic heterocycles. The number of hydrogen-bond donors (Lipinski definition) is 0. The Morgan fingerprint density at radius 2 is 0.667 bits per heavy atom. The minimum Gasteiger partial charge on any atom is -0.547 e. The summed E-state index contributed by atoms with van der Waals surface area (Å²) in [7, 11) is 0. The molecule has 0 bridgehead atoms. The molecule has 0 saturated heterocycles. The molecule has 0 N–H and O–H groups in total. The molecule has 6 nitrogen and oxygen atoms in total. The van der Waals surface area contributed by atoms with Crippen LogP contribution in [-0.2, 0) is 14.4 Å². The molecular formula is C6H6F3Na3O6. The van der Waals surface area contributed by atoms with E-state index in [0.29, 0.717) is 0 Å². The van der Waals surface area contributed by atoms with E-state index in [1.54, 1.807) is 0 Å². The van der Waals surface area contributed by atoms with Crippen LogP contribution in [0.2, 0.25) is 0 Å². The predicted molar refractivity (Wildman–Crippen MR) is 32.9 cm³/mol. The Morgan fingerprint density at radius 3 is 0.667 bits per heavy atom. The molecule has 0 aliphatic carbocycles. The summed E-state index contributed by atoms with van der Waals surface area (Å²) in [4.78, 5) is 26.6. The molecule has 0 aromatic carbocycles. The molecule has 0 aliphatic heterocycles. The molecular weight excluding hydrogens is 294 g/mol. The van der Waals surface area contributed by atoms with E-state index in [1.807, 2.05) is 0 Å². The van der Waals surface area contributed by atoms with Crippen molar-refractivity contribution in [3.05, 3.63) is 0 Å². The number of hydrogen-bond acceptors (Lipinski definition) is 6. The van der Waals surface area contributed by atoms with E-state index in [1.165, 1.54) is 0 Å². The van der Waals surface area contributed by atoms with Gasteiger partial charge < -0.3 is 29.7 Å². The second kappa shape index (κ2) is 30.9. The van der Waals surface area contributed by atoms with E-state index < -0.39 is 37.9 Å². The van der Waals surface area contributed by atoms with E-state index in [4.69, 9.17) is 29.7 Å². The van der Waals surface area contributed by atoms with Gasteiger partial charge in [0.05, 0.1) is 17.9 Å². The van der Waals surface area contributed by atoms with Crippen LogP contribution in [0.25, 0.3) is 0 Å². The fourth-order valence-corrected chi connectivity index (χ4v) is 0. The van der Waals surface area contributed by atoms with E-state index in [-0.39, 0.29) is 88.7 Å². The Hall–Kier alpha value is 1.20. The zero-order valence-electron chi connectivity index (χ0n) is 10.2. The maximum absolute atomic E-state index is 10.5. The Balaban J connectivity index is -0.0000000277. The molecule has 0 atom stereocenters. The maximum Gasteiger partial charge on any atom is 1.00 e. The molecule has 18 heavy (non-hydrogen) atoms. The zero-order valence-corrected chi connectivity index (χ0v) is 16.2. The van der Waals surface area contributed by atoms with Gasteiger partial charge in [0.15, 0.2) is 0 Å². The summed E-state index contributed by atoms with van der Waals surface area (Å²) in [6.45, 7) is -4.17. The molecule has 12 heteroatoms. The van der Waals surface area contributed by atoms with Crippen molar-refractivity contribution >= 4 is 17.9 Å². The largest absolute Gasteiger partial charge is 1.00 e. The number of carboxylic acids is 3.